The number of nitrogens with two attached hydrogens (primary N) is 1. The first-order valence-corrected chi connectivity index (χ1v) is 7.70. The molecule has 1 aromatic rings. The van der Waals surface area contributed by atoms with E-state index in [2.05, 4.69) is 6.92 Å². The number of unbranched alkanes of at least 4 members (excludes halogenated alkanes) is 4. The van der Waals surface area contributed by atoms with E-state index >= 15 is 0 Å². The van der Waals surface area contributed by atoms with E-state index in [4.69, 9.17) is 15.2 Å². The molecule has 3 nitrogen and oxygen atoms in total. The second kappa shape index (κ2) is 9.78. The summed E-state index contributed by atoms with van der Waals surface area (Å²) in [5, 5.41) is 0. The lowest BCUT2D eigenvalue weighted by atomic mass is 10.0. The Hall–Kier alpha value is -1.06. The minimum Gasteiger partial charge on any atom is -0.497 e. The maximum Gasteiger partial charge on any atom is 0.119 e. The van der Waals surface area contributed by atoms with Crippen LogP contribution in [-0.2, 0) is 4.74 Å². The number of hydrogen-bond acceptors (Lipinski definition) is 3. The van der Waals surface area contributed by atoms with Gasteiger partial charge >= 0.3 is 0 Å². The number of benzene rings is 1. The molecule has 0 aliphatic carbocycles. The van der Waals surface area contributed by atoms with Crippen LogP contribution in [0.1, 0.15) is 57.6 Å². The minimum atomic E-state index is -0.0590. The lowest BCUT2D eigenvalue weighted by molar-refractivity contribution is 0.0357. The van der Waals surface area contributed by atoms with Crippen molar-refractivity contribution in [3.05, 3.63) is 29.8 Å². The highest BCUT2D eigenvalue weighted by atomic mass is 16.5. The van der Waals surface area contributed by atoms with E-state index in [0.29, 0.717) is 0 Å². The van der Waals surface area contributed by atoms with E-state index in [0.717, 1.165) is 24.3 Å². The monoisotopic (exact) mass is 279 g/mol. The van der Waals surface area contributed by atoms with Gasteiger partial charge in [0, 0.05) is 12.6 Å². The van der Waals surface area contributed by atoms with Crippen LogP contribution in [0.25, 0.3) is 0 Å². The summed E-state index contributed by atoms with van der Waals surface area (Å²) in [4.78, 5) is 0. The van der Waals surface area contributed by atoms with Crippen LogP contribution in [0.2, 0.25) is 0 Å². The van der Waals surface area contributed by atoms with Crippen LogP contribution >= 0.6 is 0 Å². The summed E-state index contributed by atoms with van der Waals surface area (Å²) in [6.45, 7) is 4.99. The molecule has 2 unspecified atom stereocenters. The summed E-state index contributed by atoms with van der Waals surface area (Å²) in [5.74, 6) is 0.847. The molecule has 0 saturated carbocycles. The van der Waals surface area contributed by atoms with Crippen LogP contribution in [0.3, 0.4) is 0 Å². The smallest absolute Gasteiger partial charge is 0.119 e. The fourth-order valence-electron chi connectivity index (χ4n) is 2.29. The van der Waals surface area contributed by atoms with E-state index < -0.39 is 0 Å². The van der Waals surface area contributed by atoms with Crippen molar-refractivity contribution in [1.82, 2.24) is 0 Å². The van der Waals surface area contributed by atoms with Crippen molar-refractivity contribution in [2.24, 2.45) is 5.73 Å². The standard InChI is InChI=1S/C17H29NO2/c1-4-5-6-7-8-12-20-17(14(2)18)15-10-9-11-16(13-15)19-3/h9-11,13-14,17H,4-8,12,18H2,1-3H3. The fourth-order valence-corrected chi connectivity index (χ4v) is 2.29. The highest BCUT2D eigenvalue weighted by molar-refractivity contribution is 5.30. The van der Waals surface area contributed by atoms with Crippen molar-refractivity contribution in [1.29, 1.82) is 0 Å². The van der Waals surface area contributed by atoms with Gasteiger partial charge in [-0.2, -0.15) is 0 Å². The first-order valence-electron chi connectivity index (χ1n) is 7.70. The van der Waals surface area contributed by atoms with Gasteiger partial charge in [0.1, 0.15) is 5.75 Å². The number of rotatable bonds is 10. The maximum atomic E-state index is 6.06. The van der Waals surface area contributed by atoms with E-state index in [1.54, 1.807) is 7.11 Å². The molecule has 0 heterocycles. The van der Waals surface area contributed by atoms with Gasteiger partial charge < -0.3 is 15.2 Å². The number of methoxy groups -OCH3 is 1. The minimum absolute atomic E-state index is 0.0299. The van der Waals surface area contributed by atoms with Gasteiger partial charge in [-0.05, 0) is 31.0 Å². The topological polar surface area (TPSA) is 44.5 Å². The fraction of sp³-hybridized carbons (Fsp3) is 0.647. The summed E-state index contributed by atoms with van der Waals surface area (Å²) in [6.07, 6.45) is 6.16. The predicted molar refractivity (Wildman–Crippen MR) is 84.1 cm³/mol. The molecule has 0 aromatic heterocycles. The Morgan fingerprint density at radius 2 is 1.90 bits per heavy atom. The highest BCUT2D eigenvalue weighted by Gasteiger charge is 2.17. The van der Waals surface area contributed by atoms with Gasteiger partial charge in [-0.15, -0.1) is 0 Å². The SMILES string of the molecule is CCCCCCCOC(c1cccc(OC)c1)C(C)N. The quantitative estimate of drug-likeness (QED) is 0.657. The molecule has 2 N–H and O–H groups in total. The van der Waals surface area contributed by atoms with Gasteiger partial charge in [-0.3, -0.25) is 0 Å². The summed E-state index contributed by atoms with van der Waals surface area (Å²) in [7, 11) is 1.68. The second-order valence-corrected chi connectivity index (χ2v) is 5.34. The molecule has 0 fully saturated rings. The van der Waals surface area contributed by atoms with Gasteiger partial charge in [0.2, 0.25) is 0 Å². The molecule has 0 amide bonds. The third kappa shape index (κ3) is 5.93. The van der Waals surface area contributed by atoms with Crippen molar-refractivity contribution in [2.75, 3.05) is 13.7 Å². The normalized spacial score (nSPS) is 14.0. The molecule has 1 aromatic carbocycles. The first kappa shape index (κ1) is 17.0. The van der Waals surface area contributed by atoms with E-state index in [1.807, 2.05) is 31.2 Å². The third-order valence-corrected chi connectivity index (χ3v) is 3.45. The molecular weight excluding hydrogens is 250 g/mol. The van der Waals surface area contributed by atoms with Crippen molar-refractivity contribution in [3.63, 3.8) is 0 Å². The molecular formula is C17H29NO2. The summed E-state index contributed by atoms with van der Waals surface area (Å²) in [5.41, 5.74) is 7.15. The van der Waals surface area contributed by atoms with Crippen LogP contribution in [-0.4, -0.2) is 19.8 Å². The Bertz CT molecular complexity index is 366. The van der Waals surface area contributed by atoms with Gasteiger partial charge in [-0.1, -0.05) is 44.7 Å². The molecule has 0 spiro atoms. The zero-order valence-electron chi connectivity index (χ0n) is 13.1. The third-order valence-electron chi connectivity index (χ3n) is 3.45. The van der Waals surface area contributed by atoms with E-state index in [1.165, 1.54) is 25.7 Å². The van der Waals surface area contributed by atoms with Crippen LogP contribution in [0.5, 0.6) is 5.75 Å². The predicted octanol–water partition coefficient (Wildman–Crippen LogP) is 4.07. The first-order chi connectivity index (χ1) is 9.69. The summed E-state index contributed by atoms with van der Waals surface area (Å²) >= 11 is 0. The summed E-state index contributed by atoms with van der Waals surface area (Å²) in [6, 6.07) is 7.94. The molecule has 0 bridgehead atoms. The van der Waals surface area contributed by atoms with E-state index in [9.17, 15) is 0 Å². The molecule has 0 aliphatic rings. The maximum absolute atomic E-state index is 6.06. The van der Waals surface area contributed by atoms with Crippen LogP contribution in [0.15, 0.2) is 24.3 Å². The zero-order valence-corrected chi connectivity index (χ0v) is 13.1. The van der Waals surface area contributed by atoms with Crippen LogP contribution in [0.4, 0.5) is 0 Å². The van der Waals surface area contributed by atoms with Gasteiger partial charge in [0.25, 0.3) is 0 Å². The Morgan fingerprint density at radius 1 is 1.15 bits per heavy atom. The molecule has 20 heavy (non-hydrogen) atoms. The molecule has 3 heteroatoms. The lowest BCUT2D eigenvalue weighted by Gasteiger charge is -2.22. The highest BCUT2D eigenvalue weighted by Crippen LogP contribution is 2.24. The average molecular weight is 279 g/mol. The number of ether oxygens (including phenoxy) is 2. The molecule has 1 rings (SSSR count). The van der Waals surface area contributed by atoms with Crippen molar-refractivity contribution in [2.45, 2.75) is 58.1 Å². The van der Waals surface area contributed by atoms with Crippen molar-refractivity contribution >= 4 is 0 Å². The largest absolute Gasteiger partial charge is 0.497 e. The molecule has 0 aliphatic heterocycles. The summed E-state index contributed by atoms with van der Waals surface area (Å²) < 4.78 is 11.2. The number of hydrogen-bond donors (Lipinski definition) is 1. The Morgan fingerprint density at radius 3 is 2.55 bits per heavy atom. The van der Waals surface area contributed by atoms with Crippen LogP contribution in [0, 0.1) is 0 Å². The zero-order chi connectivity index (χ0) is 14.8. The van der Waals surface area contributed by atoms with Gasteiger partial charge in [0.15, 0.2) is 0 Å². The van der Waals surface area contributed by atoms with Crippen molar-refractivity contribution < 1.29 is 9.47 Å². The Kier molecular flexibility index (Phi) is 8.31. The Balaban J connectivity index is 2.47. The molecule has 2 atom stereocenters. The van der Waals surface area contributed by atoms with Gasteiger partial charge in [0.05, 0.1) is 13.2 Å². The molecule has 0 radical (unpaired) electrons. The molecule has 114 valence electrons. The molecule has 0 saturated heterocycles. The lowest BCUT2D eigenvalue weighted by Crippen LogP contribution is -2.27. The Labute approximate surface area is 123 Å². The van der Waals surface area contributed by atoms with Gasteiger partial charge in [-0.25, -0.2) is 0 Å². The second-order valence-electron chi connectivity index (χ2n) is 5.34. The van der Waals surface area contributed by atoms with Crippen molar-refractivity contribution in [3.8, 4) is 5.75 Å². The van der Waals surface area contributed by atoms with E-state index in [-0.39, 0.29) is 12.1 Å². The van der Waals surface area contributed by atoms with Crippen LogP contribution < -0.4 is 10.5 Å². The average Bonchev–Trinajstić information content (AvgIpc) is 2.46.